The molecule has 1 saturated heterocycles. The van der Waals surface area contributed by atoms with Gasteiger partial charge in [-0.3, -0.25) is 4.79 Å². The molecule has 1 aliphatic rings. The number of benzene rings is 4. The lowest BCUT2D eigenvalue weighted by molar-refractivity contribution is 0.103. The summed E-state index contributed by atoms with van der Waals surface area (Å²) in [7, 11) is 2.17. The van der Waals surface area contributed by atoms with E-state index in [9.17, 15) is 9.59 Å². The van der Waals surface area contributed by atoms with E-state index in [1.807, 2.05) is 36.4 Å². The van der Waals surface area contributed by atoms with E-state index in [0.29, 0.717) is 29.5 Å². The number of piperazine rings is 1. The number of H-pyrrole nitrogens is 2. The van der Waals surface area contributed by atoms with Crippen molar-refractivity contribution >= 4 is 62.4 Å². The minimum atomic E-state index is -0.476. The van der Waals surface area contributed by atoms with Crippen molar-refractivity contribution in [3.63, 3.8) is 0 Å². The summed E-state index contributed by atoms with van der Waals surface area (Å²) in [6, 6.07) is 24.5. The third-order valence-electron chi connectivity index (χ3n) is 9.50. The number of aromatic nitrogens is 6. The maximum absolute atomic E-state index is 13.0. The van der Waals surface area contributed by atoms with Gasteiger partial charge in [-0.05, 0) is 92.0 Å². The molecule has 1 aliphatic heterocycles. The zero-order valence-corrected chi connectivity index (χ0v) is 30.4. The molecular formula is C40H38ClN9O4. The smallest absolute Gasteiger partial charge is 0.327 e. The van der Waals surface area contributed by atoms with Gasteiger partial charge in [-0.15, -0.1) is 0 Å². The molecule has 7 aromatic rings. The Hall–Kier alpha value is -6.02. The van der Waals surface area contributed by atoms with Crippen molar-refractivity contribution in [3.05, 3.63) is 107 Å². The Kier molecular flexibility index (Phi) is 9.83. The Morgan fingerprint density at radius 3 is 2.31 bits per heavy atom. The molecule has 0 radical (unpaired) electrons. The van der Waals surface area contributed by atoms with Crippen LogP contribution in [0.15, 0.2) is 90.2 Å². The summed E-state index contributed by atoms with van der Waals surface area (Å²) in [4.78, 5) is 50.8. The molecule has 14 heteroatoms. The van der Waals surface area contributed by atoms with Crippen molar-refractivity contribution < 1.29 is 14.3 Å². The van der Waals surface area contributed by atoms with E-state index in [0.717, 1.165) is 71.0 Å². The van der Waals surface area contributed by atoms with Crippen molar-refractivity contribution in [2.45, 2.75) is 0 Å². The van der Waals surface area contributed by atoms with E-state index in [1.165, 1.54) is 16.3 Å². The number of hydrogen-bond acceptors (Lipinski definition) is 9. The highest BCUT2D eigenvalue weighted by Gasteiger charge is 2.17. The van der Waals surface area contributed by atoms with Crippen LogP contribution in [-0.2, 0) is 4.74 Å². The normalized spacial score (nSPS) is 13.6. The van der Waals surface area contributed by atoms with E-state index >= 15 is 0 Å². The van der Waals surface area contributed by atoms with Gasteiger partial charge >= 0.3 is 6.03 Å². The summed E-state index contributed by atoms with van der Waals surface area (Å²) in [6.07, 6.45) is 1.35. The molecule has 1 fully saturated rings. The third kappa shape index (κ3) is 7.29. The van der Waals surface area contributed by atoms with E-state index < -0.39 is 11.6 Å². The molecule has 4 heterocycles. The van der Waals surface area contributed by atoms with Crippen LogP contribution in [0.25, 0.3) is 61.8 Å². The molecule has 0 saturated carbocycles. The number of aromatic amines is 2. The molecule has 0 unspecified atom stereocenters. The van der Waals surface area contributed by atoms with Crippen molar-refractivity contribution in [1.82, 2.24) is 39.7 Å². The summed E-state index contributed by atoms with van der Waals surface area (Å²) in [5.41, 5.74) is 6.77. The molecule has 0 bridgehead atoms. The SMILES string of the molecule is C=Cc1nc(=O)c2ccc(Cl)cc2n1C(=O)NCCOCCOc1ccc(-c2nc3ccc(-c4nc5ccc(N6CCN(C)CC6)cc5[nH]4)cc3[nH]2)cc1. The van der Waals surface area contributed by atoms with Crippen molar-refractivity contribution in [1.29, 1.82) is 0 Å². The van der Waals surface area contributed by atoms with E-state index in [4.69, 9.17) is 31.0 Å². The molecule has 8 rings (SSSR count). The Balaban J connectivity index is 0.831. The van der Waals surface area contributed by atoms with Crippen molar-refractivity contribution in [3.8, 4) is 28.5 Å². The fraction of sp³-hybridized carbons (Fsp3) is 0.225. The first-order valence-corrected chi connectivity index (χ1v) is 18.1. The molecule has 54 heavy (non-hydrogen) atoms. The standard InChI is InChI=1S/C40H38ClN9O4/c1-3-36-47-39(51)30-11-7-27(41)23-35(30)50(36)40(52)42-14-19-53-20-21-54-29-9-4-25(5-10-29)37-43-31-12-6-26(22-33(31)45-37)38-44-32-13-8-28(24-34(32)46-38)49-17-15-48(2)16-18-49/h3-13,22-24H,1,14-21H2,2H3,(H,42,52)(H,43,45)(H,44,46). The number of amides is 1. The predicted octanol–water partition coefficient (Wildman–Crippen LogP) is 6.18. The second-order valence-corrected chi connectivity index (χ2v) is 13.5. The lowest BCUT2D eigenvalue weighted by atomic mass is 10.2. The number of nitrogens with zero attached hydrogens (tertiary/aromatic N) is 6. The number of carbonyl (C=O) groups is 1. The zero-order chi connectivity index (χ0) is 37.2. The van der Waals surface area contributed by atoms with Gasteiger partial charge in [-0.25, -0.2) is 19.3 Å². The Bertz CT molecular complexity index is 2550. The molecule has 0 atom stereocenters. The number of fused-ring (bicyclic) bond motifs is 3. The third-order valence-corrected chi connectivity index (χ3v) is 9.73. The Morgan fingerprint density at radius 2 is 1.56 bits per heavy atom. The molecule has 0 spiro atoms. The van der Waals surface area contributed by atoms with Crippen LogP contribution in [0.4, 0.5) is 10.5 Å². The van der Waals surface area contributed by atoms with Crippen LogP contribution < -0.4 is 20.5 Å². The lowest BCUT2D eigenvalue weighted by Crippen LogP contribution is -2.44. The van der Waals surface area contributed by atoms with Crippen LogP contribution >= 0.6 is 11.6 Å². The number of carbonyl (C=O) groups excluding carboxylic acids is 1. The quantitative estimate of drug-likeness (QED) is 0.132. The monoisotopic (exact) mass is 743 g/mol. The first-order valence-electron chi connectivity index (χ1n) is 17.7. The number of imidazole rings is 2. The summed E-state index contributed by atoms with van der Waals surface area (Å²) < 4.78 is 12.8. The summed E-state index contributed by atoms with van der Waals surface area (Å²) in [6.45, 7) is 8.97. The number of likely N-dealkylation sites (N-methyl/N-ethyl adjacent to an activating group) is 1. The molecule has 3 N–H and O–H groups in total. The average molecular weight is 744 g/mol. The van der Waals surface area contributed by atoms with Crippen molar-refractivity contribution in [2.24, 2.45) is 0 Å². The van der Waals surface area contributed by atoms with Crippen LogP contribution in [0, 0.1) is 0 Å². The van der Waals surface area contributed by atoms with Gasteiger partial charge in [0.1, 0.15) is 29.8 Å². The van der Waals surface area contributed by atoms with E-state index in [-0.39, 0.29) is 24.4 Å². The molecule has 0 aliphatic carbocycles. The Morgan fingerprint density at radius 1 is 0.852 bits per heavy atom. The fourth-order valence-corrected chi connectivity index (χ4v) is 6.75. The highest BCUT2D eigenvalue weighted by Crippen LogP contribution is 2.29. The van der Waals surface area contributed by atoms with Gasteiger partial charge in [0.2, 0.25) is 0 Å². The number of ether oxygens (including phenoxy) is 2. The second-order valence-electron chi connectivity index (χ2n) is 13.1. The van der Waals surface area contributed by atoms with Crippen LogP contribution in [0.2, 0.25) is 5.02 Å². The Labute approximate surface area is 315 Å². The van der Waals surface area contributed by atoms with Gasteiger partial charge in [0.25, 0.3) is 5.56 Å². The van der Waals surface area contributed by atoms with Crippen molar-refractivity contribution in [2.75, 3.05) is 64.5 Å². The van der Waals surface area contributed by atoms with Crippen LogP contribution in [0.3, 0.4) is 0 Å². The van der Waals surface area contributed by atoms with Gasteiger partial charge in [0.05, 0.1) is 46.2 Å². The number of anilines is 1. The van der Waals surface area contributed by atoms with E-state index in [1.54, 1.807) is 18.2 Å². The minimum absolute atomic E-state index is 0.121. The summed E-state index contributed by atoms with van der Waals surface area (Å²) in [5.74, 6) is 2.40. The van der Waals surface area contributed by atoms with Gasteiger partial charge in [0.15, 0.2) is 0 Å². The van der Waals surface area contributed by atoms with Crippen LogP contribution in [-0.4, -0.2) is 100 Å². The van der Waals surface area contributed by atoms with Gasteiger partial charge in [-0.2, -0.15) is 4.98 Å². The van der Waals surface area contributed by atoms with Crippen LogP contribution in [0.5, 0.6) is 5.75 Å². The van der Waals surface area contributed by atoms with Gasteiger partial charge in [0, 0.05) is 54.6 Å². The maximum atomic E-state index is 13.0. The molecule has 1 amide bonds. The van der Waals surface area contributed by atoms with E-state index in [2.05, 4.69) is 68.0 Å². The fourth-order valence-electron chi connectivity index (χ4n) is 6.59. The summed E-state index contributed by atoms with van der Waals surface area (Å²) >= 11 is 6.13. The molecule has 3 aromatic heterocycles. The second kappa shape index (κ2) is 15.1. The lowest BCUT2D eigenvalue weighted by Gasteiger charge is -2.34. The minimum Gasteiger partial charge on any atom is -0.491 e. The topological polar surface area (TPSA) is 146 Å². The zero-order valence-electron chi connectivity index (χ0n) is 29.6. The number of rotatable bonds is 11. The number of halogens is 1. The molecule has 274 valence electrons. The average Bonchev–Trinajstić information content (AvgIpc) is 3.82. The highest BCUT2D eigenvalue weighted by molar-refractivity contribution is 6.31. The summed E-state index contributed by atoms with van der Waals surface area (Å²) in [5, 5.41) is 3.45. The largest absolute Gasteiger partial charge is 0.491 e. The van der Waals surface area contributed by atoms with Gasteiger partial charge < -0.3 is 34.6 Å². The first-order chi connectivity index (χ1) is 26.3. The predicted molar refractivity (Wildman–Crippen MR) is 213 cm³/mol. The molecular weight excluding hydrogens is 706 g/mol. The van der Waals surface area contributed by atoms with Gasteiger partial charge in [-0.1, -0.05) is 18.2 Å². The number of nitrogens with one attached hydrogen (secondary N) is 3. The molecule has 4 aromatic carbocycles. The first kappa shape index (κ1) is 35.0. The molecule has 13 nitrogen and oxygen atoms in total. The highest BCUT2D eigenvalue weighted by atomic mass is 35.5. The van der Waals surface area contributed by atoms with Crippen LogP contribution in [0.1, 0.15) is 5.82 Å². The number of hydrogen-bond donors (Lipinski definition) is 3. The maximum Gasteiger partial charge on any atom is 0.327 e.